The number of aromatic nitrogens is 2. The standard InChI is InChI=1S/C17H19N3OS/c1-12-6-4-8-20-14(11-18-17(12)20)10-16(21)19(3)13(2)15-7-5-9-22-15/h4-9,11,13H,10H2,1-3H3/t13-/m0/s1. The fourth-order valence-corrected chi connectivity index (χ4v) is 3.37. The zero-order valence-electron chi connectivity index (χ0n) is 13.0. The SMILES string of the molecule is Cc1cccn2c(CC(=O)N(C)[C@@H](C)c3cccs3)cnc12. The maximum absolute atomic E-state index is 12.6. The lowest BCUT2D eigenvalue weighted by Crippen LogP contribution is -2.30. The smallest absolute Gasteiger partial charge is 0.228 e. The molecule has 0 saturated carbocycles. The maximum Gasteiger partial charge on any atom is 0.228 e. The van der Waals surface area contributed by atoms with E-state index in [9.17, 15) is 4.79 Å². The van der Waals surface area contributed by atoms with E-state index in [4.69, 9.17) is 0 Å². The first-order chi connectivity index (χ1) is 10.6. The van der Waals surface area contributed by atoms with E-state index in [2.05, 4.69) is 18.0 Å². The molecule has 3 heterocycles. The zero-order valence-corrected chi connectivity index (χ0v) is 13.8. The molecule has 0 fully saturated rings. The molecule has 0 radical (unpaired) electrons. The number of hydrogen-bond donors (Lipinski definition) is 0. The average Bonchev–Trinajstić information content (AvgIpc) is 3.16. The van der Waals surface area contributed by atoms with Gasteiger partial charge in [0.2, 0.25) is 5.91 Å². The first-order valence-electron chi connectivity index (χ1n) is 7.28. The van der Waals surface area contributed by atoms with Crippen LogP contribution in [0.3, 0.4) is 0 Å². The number of carbonyl (C=O) groups is 1. The highest BCUT2D eigenvalue weighted by atomic mass is 32.1. The van der Waals surface area contributed by atoms with Gasteiger partial charge in [-0.05, 0) is 36.9 Å². The van der Waals surface area contributed by atoms with E-state index in [0.29, 0.717) is 6.42 Å². The summed E-state index contributed by atoms with van der Waals surface area (Å²) >= 11 is 1.68. The van der Waals surface area contributed by atoms with E-state index in [0.717, 1.165) is 16.9 Å². The normalized spacial score (nSPS) is 12.5. The van der Waals surface area contributed by atoms with Gasteiger partial charge >= 0.3 is 0 Å². The number of nitrogens with zero attached hydrogens (tertiary/aromatic N) is 3. The van der Waals surface area contributed by atoms with Crippen LogP contribution in [0.25, 0.3) is 5.65 Å². The first kappa shape index (κ1) is 14.8. The average molecular weight is 313 g/mol. The van der Waals surface area contributed by atoms with Crippen LogP contribution < -0.4 is 0 Å². The maximum atomic E-state index is 12.6. The van der Waals surface area contributed by atoms with Crippen molar-refractivity contribution in [3.63, 3.8) is 0 Å². The number of imidazole rings is 1. The van der Waals surface area contributed by atoms with Crippen LogP contribution in [-0.4, -0.2) is 27.2 Å². The topological polar surface area (TPSA) is 37.6 Å². The molecule has 0 N–H and O–H groups in total. The molecular weight excluding hydrogens is 294 g/mol. The number of aryl methyl sites for hydroxylation is 1. The molecule has 0 bridgehead atoms. The summed E-state index contributed by atoms with van der Waals surface area (Å²) in [5.74, 6) is 0.101. The number of likely N-dealkylation sites (N-methyl/N-ethyl adjacent to an activating group) is 1. The van der Waals surface area contributed by atoms with Crippen LogP contribution in [0.4, 0.5) is 0 Å². The molecular formula is C17H19N3OS. The Morgan fingerprint density at radius 3 is 2.95 bits per heavy atom. The molecule has 1 amide bonds. The zero-order chi connectivity index (χ0) is 15.7. The number of rotatable bonds is 4. The molecule has 0 aliphatic rings. The third kappa shape index (κ3) is 2.64. The molecule has 114 valence electrons. The van der Waals surface area contributed by atoms with E-state index in [-0.39, 0.29) is 11.9 Å². The van der Waals surface area contributed by atoms with E-state index >= 15 is 0 Å². The molecule has 0 aliphatic carbocycles. The van der Waals surface area contributed by atoms with Gasteiger partial charge in [0.15, 0.2) is 0 Å². The molecule has 3 aromatic rings. The summed E-state index contributed by atoms with van der Waals surface area (Å²) in [6.07, 6.45) is 4.11. The Balaban J connectivity index is 1.80. The second kappa shape index (κ2) is 5.93. The molecule has 0 aromatic carbocycles. The molecule has 0 spiro atoms. The minimum atomic E-state index is 0.0911. The number of thiophene rings is 1. The largest absolute Gasteiger partial charge is 0.338 e. The van der Waals surface area contributed by atoms with Crippen LogP contribution in [0.5, 0.6) is 0 Å². The second-order valence-electron chi connectivity index (χ2n) is 5.51. The van der Waals surface area contributed by atoms with Gasteiger partial charge in [0.25, 0.3) is 0 Å². The fraction of sp³-hybridized carbons (Fsp3) is 0.294. The Hall–Kier alpha value is -2.14. The summed E-state index contributed by atoms with van der Waals surface area (Å²) in [4.78, 5) is 20.0. The number of carbonyl (C=O) groups excluding carboxylic acids is 1. The summed E-state index contributed by atoms with van der Waals surface area (Å²) < 4.78 is 2.00. The summed E-state index contributed by atoms with van der Waals surface area (Å²) in [5, 5.41) is 2.04. The van der Waals surface area contributed by atoms with Crippen molar-refractivity contribution in [3.8, 4) is 0 Å². The molecule has 0 unspecified atom stereocenters. The monoisotopic (exact) mass is 313 g/mol. The van der Waals surface area contributed by atoms with Crippen molar-refractivity contribution >= 4 is 22.9 Å². The van der Waals surface area contributed by atoms with Crippen molar-refractivity contribution in [1.29, 1.82) is 0 Å². The lowest BCUT2D eigenvalue weighted by molar-refractivity contribution is -0.131. The molecule has 4 nitrogen and oxygen atoms in total. The van der Waals surface area contributed by atoms with Crippen molar-refractivity contribution in [2.45, 2.75) is 26.3 Å². The molecule has 0 aliphatic heterocycles. The molecule has 5 heteroatoms. The van der Waals surface area contributed by atoms with Gasteiger partial charge in [-0.25, -0.2) is 4.98 Å². The second-order valence-corrected chi connectivity index (χ2v) is 6.49. The predicted molar refractivity (Wildman–Crippen MR) is 89.1 cm³/mol. The highest BCUT2D eigenvalue weighted by Gasteiger charge is 2.19. The summed E-state index contributed by atoms with van der Waals surface area (Å²) in [6, 6.07) is 8.18. The number of amides is 1. The third-order valence-electron chi connectivity index (χ3n) is 4.07. The molecule has 3 rings (SSSR count). The van der Waals surface area contributed by atoms with Gasteiger partial charge < -0.3 is 9.30 Å². The van der Waals surface area contributed by atoms with Crippen LogP contribution in [0.15, 0.2) is 42.0 Å². The molecule has 1 atom stereocenters. The van der Waals surface area contributed by atoms with Crippen LogP contribution in [0.2, 0.25) is 0 Å². The van der Waals surface area contributed by atoms with Gasteiger partial charge in [0, 0.05) is 24.3 Å². The van der Waals surface area contributed by atoms with Gasteiger partial charge in [-0.3, -0.25) is 4.79 Å². The summed E-state index contributed by atoms with van der Waals surface area (Å²) in [6.45, 7) is 4.08. The Morgan fingerprint density at radius 2 is 2.23 bits per heavy atom. The van der Waals surface area contributed by atoms with Gasteiger partial charge in [-0.1, -0.05) is 12.1 Å². The van der Waals surface area contributed by atoms with Crippen molar-refractivity contribution in [2.75, 3.05) is 7.05 Å². The van der Waals surface area contributed by atoms with Crippen molar-refractivity contribution in [1.82, 2.24) is 14.3 Å². The fourth-order valence-electron chi connectivity index (χ4n) is 2.55. The van der Waals surface area contributed by atoms with Crippen LogP contribution in [0.1, 0.15) is 29.1 Å². The van der Waals surface area contributed by atoms with Crippen LogP contribution in [0, 0.1) is 6.92 Å². The summed E-state index contributed by atoms with van der Waals surface area (Å²) in [7, 11) is 1.86. The van der Waals surface area contributed by atoms with Gasteiger partial charge in [0.1, 0.15) is 5.65 Å². The number of fused-ring (bicyclic) bond motifs is 1. The van der Waals surface area contributed by atoms with E-state index in [1.807, 2.05) is 48.1 Å². The highest BCUT2D eigenvalue weighted by Crippen LogP contribution is 2.24. The Morgan fingerprint density at radius 1 is 1.41 bits per heavy atom. The number of hydrogen-bond acceptors (Lipinski definition) is 3. The Bertz CT molecular complexity index is 791. The first-order valence-corrected chi connectivity index (χ1v) is 8.16. The lowest BCUT2D eigenvalue weighted by atomic mass is 10.2. The number of pyridine rings is 1. The van der Waals surface area contributed by atoms with E-state index in [1.165, 1.54) is 4.88 Å². The quantitative estimate of drug-likeness (QED) is 0.739. The third-order valence-corrected chi connectivity index (χ3v) is 5.11. The lowest BCUT2D eigenvalue weighted by Gasteiger charge is -2.24. The minimum Gasteiger partial charge on any atom is -0.338 e. The van der Waals surface area contributed by atoms with Crippen molar-refractivity contribution in [3.05, 3.63) is 58.2 Å². The van der Waals surface area contributed by atoms with Gasteiger partial charge in [-0.15, -0.1) is 11.3 Å². The minimum absolute atomic E-state index is 0.0911. The highest BCUT2D eigenvalue weighted by molar-refractivity contribution is 7.10. The van der Waals surface area contributed by atoms with Crippen molar-refractivity contribution < 1.29 is 4.79 Å². The van der Waals surface area contributed by atoms with Crippen molar-refractivity contribution in [2.24, 2.45) is 0 Å². The van der Waals surface area contributed by atoms with Crippen LogP contribution in [-0.2, 0) is 11.2 Å². The molecule has 22 heavy (non-hydrogen) atoms. The Kier molecular flexibility index (Phi) is 3.98. The van der Waals surface area contributed by atoms with E-state index in [1.54, 1.807) is 22.4 Å². The van der Waals surface area contributed by atoms with Gasteiger partial charge in [0.05, 0.1) is 18.2 Å². The molecule has 0 saturated heterocycles. The Labute approximate surface area is 134 Å². The van der Waals surface area contributed by atoms with Crippen LogP contribution >= 0.6 is 11.3 Å². The molecule has 3 aromatic heterocycles. The van der Waals surface area contributed by atoms with Gasteiger partial charge in [-0.2, -0.15) is 0 Å². The predicted octanol–water partition coefficient (Wildman–Crippen LogP) is 3.47. The summed E-state index contributed by atoms with van der Waals surface area (Å²) in [5.41, 5.74) is 2.95. The van der Waals surface area contributed by atoms with E-state index < -0.39 is 0 Å².